The zero-order chi connectivity index (χ0) is 26.2. The quantitative estimate of drug-likeness (QED) is 0.177. The minimum Gasteiger partial charge on any atom is -0.464 e. The number of aryl methyl sites for hydroxylation is 1. The second kappa shape index (κ2) is 10.1. The van der Waals surface area contributed by atoms with Crippen molar-refractivity contribution in [1.29, 1.82) is 0 Å². The number of furan rings is 1. The van der Waals surface area contributed by atoms with Gasteiger partial charge in [-0.15, -0.1) is 0 Å². The van der Waals surface area contributed by atoms with Gasteiger partial charge in [-0.3, -0.25) is 14.2 Å². The average molecular weight is 528 g/mol. The van der Waals surface area contributed by atoms with Crippen LogP contribution in [0.2, 0.25) is 0 Å². The van der Waals surface area contributed by atoms with Gasteiger partial charge in [0.25, 0.3) is 5.56 Å². The monoisotopic (exact) mass is 527 g/mol. The Bertz CT molecular complexity index is 1700. The van der Waals surface area contributed by atoms with Crippen LogP contribution in [0.25, 0.3) is 38.9 Å². The minimum atomic E-state index is -0.214. The standard InChI is InChI=1S/C29H29N5O3S/c1-33-23-13-12-18(24-11-6-14-37-24)15-22(23)26-27(33)28(36)34(21-10-5-7-19(30)16-21)29(32-26)38-17-25(35)31-20-8-3-2-4-9-20/h5-7,10-16,20H,2-4,8-9,17,30H2,1H3,(H,31,35). The van der Waals surface area contributed by atoms with E-state index in [0.717, 1.165) is 47.9 Å². The topological polar surface area (TPSA) is 108 Å². The third-order valence-corrected chi connectivity index (χ3v) is 8.15. The van der Waals surface area contributed by atoms with Crippen LogP contribution < -0.4 is 16.6 Å². The number of hydrogen-bond donors (Lipinski definition) is 2. The summed E-state index contributed by atoms with van der Waals surface area (Å²) in [5, 5.41) is 4.45. The van der Waals surface area contributed by atoms with Crippen molar-refractivity contribution in [2.24, 2.45) is 7.05 Å². The fraction of sp³-hybridized carbons (Fsp3) is 0.276. The molecule has 0 radical (unpaired) electrons. The SMILES string of the molecule is Cn1c2ccc(-c3ccco3)cc2c2nc(SCC(=O)NC3CCCCC3)n(-c3cccc(N)c3)c(=O)c21. The molecule has 0 spiro atoms. The van der Waals surface area contributed by atoms with Crippen LogP contribution >= 0.6 is 11.8 Å². The summed E-state index contributed by atoms with van der Waals surface area (Å²) in [5.74, 6) is 0.860. The highest BCUT2D eigenvalue weighted by atomic mass is 32.2. The zero-order valence-corrected chi connectivity index (χ0v) is 22.0. The number of nitrogens with one attached hydrogen (secondary N) is 1. The number of benzene rings is 2. The molecule has 9 heteroatoms. The smallest absolute Gasteiger partial charge is 0.283 e. The van der Waals surface area contributed by atoms with Crippen LogP contribution in [0.15, 0.2) is 75.2 Å². The van der Waals surface area contributed by atoms with Gasteiger partial charge in [0.2, 0.25) is 5.91 Å². The van der Waals surface area contributed by atoms with Crippen LogP contribution in [-0.4, -0.2) is 31.8 Å². The molecule has 38 heavy (non-hydrogen) atoms. The highest BCUT2D eigenvalue weighted by Crippen LogP contribution is 2.32. The van der Waals surface area contributed by atoms with Crippen LogP contribution in [-0.2, 0) is 11.8 Å². The van der Waals surface area contributed by atoms with E-state index >= 15 is 0 Å². The Morgan fingerprint density at radius 2 is 1.97 bits per heavy atom. The summed E-state index contributed by atoms with van der Waals surface area (Å²) in [6.45, 7) is 0. The van der Waals surface area contributed by atoms with Crippen molar-refractivity contribution in [2.45, 2.75) is 43.3 Å². The van der Waals surface area contributed by atoms with Gasteiger partial charge in [-0.05, 0) is 61.4 Å². The van der Waals surface area contributed by atoms with Gasteiger partial charge in [-0.25, -0.2) is 4.98 Å². The Morgan fingerprint density at radius 3 is 2.74 bits per heavy atom. The van der Waals surface area contributed by atoms with E-state index in [1.807, 2.05) is 54.1 Å². The van der Waals surface area contributed by atoms with Crippen molar-refractivity contribution < 1.29 is 9.21 Å². The molecule has 3 aromatic heterocycles. The molecule has 0 aliphatic heterocycles. The molecule has 8 nitrogen and oxygen atoms in total. The number of carbonyl (C=O) groups excluding carboxylic acids is 1. The van der Waals surface area contributed by atoms with Crippen molar-refractivity contribution in [1.82, 2.24) is 19.4 Å². The average Bonchev–Trinajstić information content (AvgIpc) is 3.55. The molecule has 0 atom stereocenters. The molecular weight excluding hydrogens is 498 g/mol. The molecule has 0 bridgehead atoms. The first-order valence-electron chi connectivity index (χ1n) is 12.9. The van der Waals surface area contributed by atoms with E-state index in [1.165, 1.54) is 18.2 Å². The summed E-state index contributed by atoms with van der Waals surface area (Å²) in [4.78, 5) is 31.9. The predicted molar refractivity (Wildman–Crippen MR) is 152 cm³/mol. The van der Waals surface area contributed by atoms with E-state index < -0.39 is 0 Å². The molecule has 0 unspecified atom stereocenters. The number of hydrogen-bond acceptors (Lipinski definition) is 6. The molecule has 1 amide bonds. The number of nitrogens with two attached hydrogens (primary N) is 1. The number of nitrogens with zero attached hydrogens (tertiary/aromatic N) is 3. The Balaban J connectivity index is 1.47. The van der Waals surface area contributed by atoms with E-state index in [0.29, 0.717) is 27.6 Å². The maximum absolute atomic E-state index is 14.1. The third kappa shape index (κ3) is 4.47. The summed E-state index contributed by atoms with van der Waals surface area (Å²) in [7, 11) is 1.87. The van der Waals surface area contributed by atoms with Crippen LogP contribution in [0, 0.1) is 0 Å². The lowest BCUT2D eigenvalue weighted by molar-refractivity contribution is -0.119. The molecule has 5 aromatic rings. The molecule has 6 rings (SSSR count). The molecule has 2 aromatic carbocycles. The molecule has 3 N–H and O–H groups in total. The molecule has 1 saturated carbocycles. The van der Waals surface area contributed by atoms with E-state index in [9.17, 15) is 9.59 Å². The lowest BCUT2D eigenvalue weighted by Gasteiger charge is -2.22. The lowest BCUT2D eigenvalue weighted by Crippen LogP contribution is -2.37. The molecular formula is C29H29N5O3S. The van der Waals surface area contributed by atoms with Gasteiger partial charge in [0, 0.05) is 29.7 Å². The molecule has 3 heterocycles. The fourth-order valence-corrected chi connectivity index (χ4v) is 6.17. The van der Waals surface area contributed by atoms with Crippen molar-refractivity contribution in [3.05, 3.63) is 71.2 Å². The molecule has 1 aliphatic rings. The number of thioether (sulfide) groups is 1. The highest BCUT2D eigenvalue weighted by Gasteiger charge is 2.22. The lowest BCUT2D eigenvalue weighted by atomic mass is 9.95. The second-order valence-electron chi connectivity index (χ2n) is 9.79. The second-order valence-corrected chi connectivity index (χ2v) is 10.7. The Morgan fingerprint density at radius 1 is 1.13 bits per heavy atom. The van der Waals surface area contributed by atoms with Gasteiger partial charge >= 0.3 is 0 Å². The first kappa shape index (κ1) is 24.4. The highest BCUT2D eigenvalue weighted by molar-refractivity contribution is 7.99. The first-order valence-corrected chi connectivity index (χ1v) is 13.9. The largest absolute Gasteiger partial charge is 0.464 e. The maximum atomic E-state index is 14.1. The number of anilines is 1. The van der Waals surface area contributed by atoms with Crippen molar-refractivity contribution >= 4 is 45.3 Å². The van der Waals surface area contributed by atoms with Crippen LogP contribution in [0.4, 0.5) is 5.69 Å². The Hall–Kier alpha value is -3.98. The van der Waals surface area contributed by atoms with Crippen LogP contribution in [0.3, 0.4) is 0 Å². The van der Waals surface area contributed by atoms with Gasteiger partial charge in [0.1, 0.15) is 16.8 Å². The Labute approximate surface area is 223 Å². The molecule has 1 aliphatic carbocycles. The number of rotatable bonds is 6. The van der Waals surface area contributed by atoms with Crippen LogP contribution in [0.5, 0.6) is 0 Å². The van der Waals surface area contributed by atoms with E-state index in [-0.39, 0.29) is 23.3 Å². The summed E-state index contributed by atoms with van der Waals surface area (Å²) < 4.78 is 9.03. The van der Waals surface area contributed by atoms with Gasteiger partial charge in [-0.2, -0.15) is 0 Å². The number of aromatic nitrogens is 3. The first-order chi connectivity index (χ1) is 18.5. The van der Waals surface area contributed by atoms with E-state index in [1.54, 1.807) is 23.0 Å². The number of amides is 1. The van der Waals surface area contributed by atoms with E-state index in [4.69, 9.17) is 15.1 Å². The maximum Gasteiger partial charge on any atom is 0.283 e. The van der Waals surface area contributed by atoms with Crippen molar-refractivity contribution in [3.63, 3.8) is 0 Å². The van der Waals surface area contributed by atoms with Gasteiger partial charge in [0.15, 0.2) is 5.16 Å². The summed E-state index contributed by atoms with van der Waals surface area (Å²) in [6, 6.07) is 17.1. The van der Waals surface area contributed by atoms with Crippen LogP contribution in [0.1, 0.15) is 32.1 Å². The van der Waals surface area contributed by atoms with E-state index in [2.05, 4.69) is 5.32 Å². The Kier molecular flexibility index (Phi) is 6.45. The fourth-order valence-electron chi connectivity index (χ4n) is 5.35. The minimum absolute atomic E-state index is 0.0478. The van der Waals surface area contributed by atoms with Gasteiger partial charge in [-0.1, -0.05) is 37.1 Å². The third-order valence-electron chi connectivity index (χ3n) is 7.21. The van der Waals surface area contributed by atoms with Crippen molar-refractivity contribution in [2.75, 3.05) is 11.5 Å². The van der Waals surface area contributed by atoms with Gasteiger partial charge < -0.3 is 20.0 Å². The zero-order valence-electron chi connectivity index (χ0n) is 21.1. The molecule has 194 valence electrons. The molecule has 1 fully saturated rings. The number of fused-ring (bicyclic) bond motifs is 3. The normalized spacial score (nSPS) is 14.3. The van der Waals surface area contributed by atoms with Gasteiger partial charge in [0.05, 0.1) is 23.2 Å². The predicted octanol–water partition coefficient (Wildman–Crippen LogP) is 5.26. The molecule has 0 saturated heterocycles. The summed E-state index contributed by atoms with van der Waals surface area (Å²) in [5.41, 5.74) is 9.87. The summed E-state index contributed by atoms with van der Waals surface area (Å²) >= 11 is 1.26. The number of nitrogen functional groups attached to an aromatic ring is 1. The number of carbonyl (C=O) groups is 1. The van der Waals surface area contributed by atoms with Crippen molar-refractivity contribution in [3.8, 4) is 17.0 Å². The summed E-state index contributed by atoms with van der Waals surface area (Å²) in [6.07, 6.45) is 7.19.